The quantitative estimate of drug-likeness (QED) is 0.592. The molecule has 0 spiro atoms. The Morgan fingerprint density at radius 1 is 1.28 bits per heavy atom. The Morgan fingerprint density at radius 3 is 2.38 bits per heavy atom. The molecule has 0 bridgehead atoms. The largest absolute Gasteiger partial charge is 0.573 e. The normalized spacial score (nSPS) is 13.4. The van der Waals surface area contributed by atoms with Crippen LogP contribution >= 0.6 is 11.6 Å². The number of carbonyl (C=O) groups is 1. The van der Waals surface area contributed by atoms with Gasteiger partial charge in [0.15, 0.2) is 5.69 Å². The first-order chi connectivity index (χ1) is 13.2. The molecule has 2 aromatic rings. The number of ether oxygens (including phenoxy) is 1. The first kappa shape index (κ1) is 22.9. The van der Waals surface area contributed by atoms with E-state index < -0.39 is 47.3 Å². The first-order valence-corrected chi connectivity index (χ1v) is 8.57. The first-order valence-electron chi connectivity index (χ1n) is 8.20. The van der Waals surface area contributed by atoms with E-state index in [4.69, 9.17) is 16.7 Å². The third-order valence-corrected chi connectivity index (χ3v) is 4.38. The van der Waals surface area contributed by atoms with Gasteiger partial charge in [-0.05, 0) is 31.0 Å². The number of nitrogens with zero attached hydrogens (tertiary/aromatic N) is 2. The van der Waals surface area contributed by atoms with Gasteiger partial charge in [-0.15, -0.1) is 13.2 Å². The lowest BCUT2D eigenvalue weighted by atomic mass is 9.98. The average molecular weight is 445 g/mol. The van der Waals surface area contributed by atoms with E-state index >= 15 is 0 Å². The molecule has 0 fully saturated rings. The Labute approximate surface area is 165 Å². The van der Waals surface area contributed by atoms with E-state index in [-0.39, 0.29) is 23.4 Å². The molecule has 5 nitrogen and oxygen atoms in total. The fraction of sp³-hybridized carbons (Fsp3) is 0.412. The highest BCUT2D eigenvalue weighted by molar-refractivity contribution is 6.35. The smallest absolute Gasteiger partial charge is 0.476 e. The lowest BCUT2D eigenvalue weighted by Gasteiger charge is -2.18. The fourth-order valence-electron chi connectivity index (χ4n) is 2.63. The summed E-state index contributed by atoms with van der Waals surface area (Å²) in [7, 11) is 0. The number of hydrogen-bond donors (Lipinski definition) is 1. The molecule has 29 heavy (non-hydrogen) atoms. The Balaban J connectivity index is 2.62. The summed E-state index contributed by atoms with van der Waals surface area (Å²) < 4.78 is 82.1. The molecule has 0 saturated heterocycles. The Bertz CT molecular complexity index is 908. The van der Waals surface area contributed by atoms with Crippen molar-refractivity contribution < 1.29 is 41.0 Å². The maximum Gasteiger partial charge on any atom is 0.573 e. The molecule has 1 heterocycles. The molecule has 0 aliphatic carbocycles. The molecule has 0 amide bonds. The van der Waals surface area contributed by atoms with Crippen molar-refractivity contribution in [1.82, 2.24) is 9.78 Å². The van der Waals surface area contributed by atoms with Gasteiger partial charge in [-0.3, -0.25) is 4.68 Å². The zero-order valence-corrected chi connectivity index (χ0v) is 15.8. The van der Waals surface area contributed by atoms with Crippen molar-refractivity contribution in [3.63, 3.8) is 0 Å². The summed E-state index contributed by atoms with van der Waals surface area (Å²) in [5, 5.41) is 12.5. The Morgan fingerprint density at radius 2 is 1.90 bits per heavy atom. The molecule has 1 atom stereocenters. The molecule has 1 aromatic carbocycles. The van der Waals surface area contributed by atoms with Crippen LogP contribution in [0.4, 0.5) is 26.3 Å². The Kier molecular flexibility index (Phi) is 6.41. The molecule has 12 heteroatoms. The molecule has 0 radical (unpaired) electrons. The minimum atomic E-state index is -5.14. The van der Waals surface area contributed by atoms with Crippen LogP contribution in [0.3, 0.4) is 0 Å². The van der Waals surface area contributed by atoms with E-state index in [9.17, 15) is 31.1 Å². The second-order valence-corrected chi connectivity index (χ2v) is 6.54. The van der Waals surface area contributed by atoms with Gasteiger partial charge in [0.1, 0.15) is 10.8 Å². The van der Waals surface area contributed by atoms with Crippen molar-refractivity contribution in [3.05, 3.63) is 34.5 Å². The molecule has 0 saturated carbocycles. The van der Waals surface area contributed by atoms with Crippen LogP contribution < -0.4 is 4.74 Å². The molecular weight excluding hydrogens is 430 g/mol. The molecule has 160 valence electrons. The third kappa shape index (κ3) is 5.34. The maximum atomic E-state index is 12.9. The Hall–Kier alpha value is -2.43. The summed E-state index contributed by atoms with van der Waals surface area (Å²) in [6.45, 7) is 2.53. The van der Waals surface area contributed by atoms with E-state index in [0.717, 1.165) is 23.7 Å². The number of carboxylic acids is 1. The SMILES string of the molecule is CCn1nc(C(=O)O)c(Cl)c1-c1ccc(CC(C)C(F)(F)F)cc1OC(F)(F)F. The van der Waals surface area contributed by atoms with Gasteiger partial charge in [0, 0.05) is 12.1 Å². The number of aryl methyl sites for hydroxylation is 1. The summed E-state index contributed by atoms with van der Waals surface area (Å²) in [4.78, 5) is 11.2. The van der Waals surface area contributed by atoms with E-state index in [1.54, 1.807) is 6.92 Å². The van der Waals surface area contributed by atoms with E-state index in [0.29, 0.717) is 0 Å². The topological polar surface area (TPSA) is 64.4 Å². The van der Waals surface area contributed by atoms with Crippen molar-refractivity contribution in [2.45, 2.75) is 39.4 Å². The van der Waals surface area contributed by atoms with Crippen LogP contribution in [-0.2, 0) is 13.0 Å². The molecular formula is C17H15ClF6N2O3. The van der Waals surface area contributed by atoms with Crippen molar-refractivity contribution >= 4 is 17.6 Å². The molecule has 0 aliphatic rings. The van der Waals surface area contributed by atoms with E-state index in [1.807, 2.05) is 0 Å². The van der Waals surface area contributed by atoms with Crippen LogP contribution in [0.2, 0.25) is 5.02 Å². The molecule has 2 rings (SSSR count). The van der Waals surface area contributed by atoms with Gasteiger partial charge in [0.25, 0.3) is 0 Å². The number of hydrogen-bond acceptors (Lipinski definition) is 3. The predicted molar refractivity (Wildman–Crippen MR) is 90.9 cm³/mol. The number of benzene rings is 1. The molecule has 1 aromatic heterocycles. The zero-order chi connectivity index (χ0) is 22.1. The maximum absolute atomic E-state index is 12.9. The number of rotatable bonds is 6. The number of alkyl halides is 6. The second kappa shape index (κ2) is 8.13. The van der Waals surface area contributed by atoms with Gasteiger partial charge in [-0.2, -0.15) is 18.3 Å². The van der Waals surface area contributed by atoms with Crippen molar-refractivity contribution in [3.8, 4) is 17.0 Å². The van der Waals surface area contributed by atoms with Crippen LogP contribution in [0.25, 0.3) is 11.3 Å². The number of aromatic carboxylic acids is 1. The lowest BCUT2D eigenvalue weighted by Crippen LogP contribution is -2.22. The summed E-state index contributed by atoms with van der Waals surface area (Å²) in [5.41, 5.74) is -1.02. The van der Waals surface area contributed by atoms with Gasteiger partial charge in [-0.1, -0.05) is 24.6 Å². The van der Waals surface area contributed by atoms with Crippen molar-refractivity contribution in [2.24, 2.45) is 5.92 Å². The van der Waals surface area contributed by atoms with Crippen LogP contribution in [0.1, 0.15) is 29.9 Å². The summed E-state index contributed by atoms with van der Waals surface area (Å²) in [5.74, 6) is -4.09. The second-order valence-electron chi connectivity index (χ2n) is 6.16. The average Bonchev–Trinajstić information content (AvgIpc) is 2.89. The van der Waals surface area contributed by atoms with Crippen LogP contribution in [0, 0.1) is 5.92 Å². The highest BCUT2D eigenvalue weighted by Gasteiger charge is 2.37. The van der Waals surface area contributed by atoms with Crippen LogP contribution in [0.15, 0.2) is 18.2 Å². The standard InChI is InChI=1S/C17H15ClF6N2O3/c1-3-26-14(12(18)13(25-26)15(27)28)10-5-4-9(6-8(2)16(19,20)21)7-11(10)29-17(22,23)24/h4-5,7-8H,3,6H2,1-2H3,(H,27,28). The number of carboxylic acid groups (broad SMARTS) is 1. The summed E-state index contributed by atoms with van der Waals surface area (Å²) >= 11 is 6.02. The highest BCUT2D eigenvalue weighted by Crippen LogP contribution is 2.40. The fourth-order valence-corrected chi connectivity index (χ4v) is 2.95. The van der Waals surface area contributed by atoms with Gasteiger partial charge in [0.2, 0.25) is 0 Å². The van der Waals surface area contributed by atoms with Crippen molar-refractivity contribution in [1.29, 1.82) is 0 Å². The van der Waals surface area contributed by atoms with Crippen molar-refractivity contribution in [2.75, 3.05) is 0 Å². The number of halogens is 7. The van der Waals surface area contributed by atoms with Gasteiger partial charge >= 0.3 is 18.5 Å². The minimum absolute atomic E-state index is 0.0463. The minimum Gasteiger partial charge on any atom is -0.476 e. The van der Waals surface area contributed by atoms with Gasteiger partial charge in [-0.25, -0.2) is 4.79 Å². The third-order valence-electron chi connectivity index (χ3n) is 4.02. The van der Waals surface area contributed by atoms with E-state index in [1.165, 1.54) is 6.07 Å². The lowest BCUT2D eigenvalue weighted by molar-refractivity contribution is -0.274. The van der Waals surface area contributed by atoms with Crippen LogP contribution in [-0.4, -0.2) is 33.4 Å². The van der Waals surface area contributed by atoms with Crippen LogP contribution in [0.5, 0.6) is 5.75 Å². The summed E-state index contributed by atoms with van der Waals surface area (Å²) in [6, 6.07) is 3.12. The van der Waals surface area contributed by atoms with E-state index in [2.05, 4.69) is 9.84 Å². The molecule has 1 unspecified atom stereocenters. The highest BCUT2D eigenvalue weighted by atomic mass is 35.5. The molecule has 1 N–H and O–H groups in total. The summed E-state index contributed by atoms with van der Waals surface area (Å²) in [6.07, 6.45) is -10.2. The zero-order valence-electron chi connectivity index (χ0n) is 15.0. The molecule has 0 aliphatic heterocycles. The number of aromatic nitrogens is 2. The van der Waals surface area contributed by atoms with Gasteiger partial charge < -0.3 is 9.84 Å². The predicted octanol–water partition coefficient (Wildman–Crippen LogP) is 5.56. The monoisotopic (exact) mass is 444 g/mol. The van der Waals surface area contributed by atoms with Gasteiger partial charge in [0.05, 0.1) is 11.6 Å².